The number of amides is 1. The number of para-hydroxylation sites is 1. The van der Waals surface area contributed by atoms with Gasteiger partial charge in [0.05, 0.1) is 23.9 Å². The normalized spacial score (nSPS) is 10.7. The van der Waals surface area contributed by atoms with Crippen molar-refractivity contribution in [3.63, 3.8) is 0 Å². The third-order valence-electron chi connectivity index (χ3n) is 6.58. The van der Waals surface area contributed by atoms with E-state index in [1.807, 2.05) is 43.3 Å². The van der Waals surface area contributed by atoms with Gasteiger partial charge in [-0.1, -0.05) is 42.5 Å². The van der Waals surface area contributed by atoms with Gasteiger partial charge in [-0.2, -0.15) is 9.78 Å². The van der Waals surface area contributed by atoms with Crippen molar-refractivity contribution in [1.82, 2.24) is 9.78 Å². The lowest BCUT2D eigenvalue weighted by molar-refractivity contribution is -0.132. The molecule has 1 amide bonds. The molecule has 212 valence electrons. The van der Waals surface area contributed by atoms with Crippen LogP contribution in [0.4, 0.5) is 15.8 Å². The molecule has 0 fully saturated rings. The molecule has 8 nitrogen and oxygen atoms in total. The molecule has 0 bridgehead atoms. The minimum absolute atomic E-state index is 0.144. The van der Waals surface area contributed by atoms with Crippen LogP contribution in [0.3, 0.4) is 0 Å². The van der Waals surface area contributed by atoms with Gasteiger partial charge in [-0.25, -0.2) is 4.39 Å². The highest BCUT2D eigenvalue weighted by atomic mass is 19.1. The summed E-state index contributed by atoms with van der Waals surface area (Å²) in [4.78, 5) is 27.2. The van der Waals surface area contributed by atoms with Gasteiger partial charge in [-0.05, 0) is 60.2 Å². The van der Waals surface area contributed by atoms with Crippen molar-refractivity contribution in [2.75, 3.05) is 31.4 Å². The quantitative estimate of drug-likeness (QED) is 0.214. The van der Waals surface area contributed by atoms with E-state index in [1.165, 1.54) is 30.8 Å². The summed E-state index contributed by atoms with van der Waals surface area (Å²) >= 11 is 0. The van der Waals surface area contributed by atoms with Crippen molar-refractivity contribution in [2.24, 2.45) is 0 Å². The van der Waals surface area contributed by atoms with E-state index in [4.69, 9.17) is 14.6 Å². The molecule has 5 rings (SSSR count). The Balaban J connectivity index is 1.61. The third-order valence-corrected chi connectivity index (χ3v) is 6.58. The molecular weight excluding hydrogens is 535 g/mol. The van der Waals surface area contributed by atoms with Crippen LogP contribution < -0.4 is 19.7 Å². The van der Waals surface area contributed by atoms with Crippen LogP contribution in [0.1, 0.15) is 17.3 Å². The molecule has 0 aliphatic carbocycles. The fraction of sp³-hybridized carbons (Fsp3) is 0.121. The van der Waals surface area contributed by atoms with Crippen molar-refractivity contribution < 1.29 is 23.5 Å². The number of rotatable bonds is 8. The fourth-order valence-electron chi connectivity index (χ4n) is 4.55. The van der Waals surface area contributed by atoms with Crippen LogP contribution in [0, 0.1) is 5.82 Å². The number of anilines is 2. The van der Waals surface area contributed by atoms with E-state index >= 15 is 0 Å². The standard InChI is InChI=1S/C33H29FN4O4/c1-21(39)42-33-30(22-12-16-25(17-13-22)35-32(40)28-10-5-6-11-29(28)41-4)31(23-14-18-26(19-15-23)37(2)3)36-38(33)27-9-7-8-24(34)20-27/h5-20H,1-4H3,(H,35,40). The van der Waals surface area contributed by atoms with E-state index in [0.29, 0.717) is 39.5 Å². The number of aromatic nitrogens is 2. The predicted octanol–water partition coefficient (Wildman–Crippen LogP) is 6.60. The van der Waals surface area contributed by atoms with Crippen LogP contribution in [0.25, 0.3) is 28.1 Å². The third kappa shape index (κ3) is 5.85. The van der Waals surface area contributed by atoms with Crippen LogP contribution in [0.2, 0.25) is 0 Å². The first-order valence-electron chi connectivity index (χ1n) is 13.1. The summed E-state index contributed by atoms with van der Waals surface area (Å²) in [6.45, 7) is 1.30. The van der Waals surface area contributed by atoms with Gasteiger partial charge >= 0.3 is 5.97 Å². The van der Waals surface area contributed by atoms with Gasteiger partial charge in [0.25, 0.3) is 5.91 Å². The first kappa shape index (κ1) is 28.1. The van der Waals surface area contributed by atoms with Gasteiger partial charge in [-0.3, -0.25) is 9.59 Å². The number of hydrogen-bond donors (Lipinski definition) is 1. The minimum atomic E-state index is -0.552. The zero-order valence-electron chi connectivity index (χ0n) is 23.6. The largest absolute Gasteiger partial charge is 0.496 e. The molecule has 4 aromatic carbocycles. The Labute approximate surface area is 242 Å². The lowest BCUT2D eigenvalue weighted by Gasteiger charge is -2.13. The molecule has 1 N–H and O–H groups in total. The Morgan fingerprint density at radius 1 is 0.881 bits per heavy atom. The highest BCUT2D eigenvalue weighted by molar-refractivity contribution is 6.06. The number of nitrogens with zero attached hydrogens (tertiary/aromatic N) is 3. The average Bonchev–Trinajstić information content (AvgIpc) is 3.36. The summed E-state index contributed by atoms with van der Waals surface area (Å²) in [5, 5.41) is 7.69. The van der Waals surface area contributed by atoms with Gasteiger partial charge < -0.3 is 19.7 Å². The first-order valence-corrected chi connectivity index (χ1v) is 13.1. The van der Waals surface area contributed by atoms with Crippen molar-refractivity contribution in [3.8, 4) is 39.7 Å². The summed E-state index contributed by atoms with van der Waals surface area (Å²) in [7, 11) is 5.41. The van der Waals surface area contributed by atoms with Crippen molar-refractivity contribution in [2.45, 2.75) is 6.92 Å². The highest BCUT2D eigenvalue weighted by Gasteiger charge is 2.25. The topological polar surface area (TPSA) is 85.7 Å². The van der Waals surface area contributed by atoms with Gasteiger partial charge in [0.2, 0.25) is 5.88 Å². The average molecular weight is 565 g/mol. The maximum atomic E-state index is 14.2. The zero-order valence-corrected chi connectivity index (χ0v) is 23.6. The van der Waals surface area contributed by atoms with Crippen LogP contribution in [-0.4, -0.2) is 42.9 Å². The second-order valence-electron chi connectivity index (χ2n) is 9.69. The fourth-order valence-corrected chi connectivity index (χ4v) is 4.55. The number of halogens is 1. The number of nitrogens with one attached hydrogen (secondary N) is 1. The molecular formula is C33H29FN4O4. The number of hydrogen-bond acceptors (Lipinski definition) is 6. The Hall–Kier alpha value is -5.44. The second kappa shape index (κ2) is 12.0. The van der Waals surface area contributed by atoms with Crippen molar-refractivity contribution in [1.29, 1.82) is 0 Å². The number of carbonyl (C=O) groups is 2. The smallest absolute Gasteiger partial charge is 0.309 e. The lowest BCUT2D eigenvalue weighted by atomic mass is 10.0. The van der Waals surface area contributed by atoms with Crippen LogP contribution in [0.5, 0.6) is 11.6 Å². The Morgan fingerprint density at radius 2 is 1.57 bits per heavy atom. The maximum absolute atomic E-state index is 14.2. The summed E-state index contributed by atoms with van der Waals surface area (Å²) in [5.41, 5.74) is 4.87. The summed E-state index contributed by atoms with van der Waals surface area (Å²) in [6, 6.07) is 27.7. The Bertz CT molecular complexity index is 1750. The SMILES string of the molecule is COc1ccccc1C(=O)Nc1ccc(-c2c(-c3ccc(N(C)C)cc3)nn(-c3cccc(F)c3)c2OC(C)=O)cc1. The number of esters is 1. The number of benzene rings is 4. The molecule has 0 saturated carbocycles. The number of methoxy groups -OCH3 is 1. The molecule has 0 aliphatic rings. The first-order chi connectivity index (χ1) is 20.2. The van der Waals surface area contributed by atoms with E-state index in [1.54, 1.807) is 60.7 Å². The van der Waals surface area contributed by atoms with Gasteiger partial charge in [-0.15, -0.1) is 0 Å². The van der Waals surface area contributed by atoms with Crippen molar-refractivity contribution >= 4 is 23.3 Å². The maximum Gasteiger partial charge on any atom is 0.309 e. The monoisotopic (exact) mass is 564 g/mol. The van der Waals surface area contributed by atoms with Crippen LogP contribution >= 0.6 is 0 Å². The molecule has 1 aromatic heterocycles. The summed E-state index contributed by atoms with van der Waals surface area (Å²) in [6.07, 6.45) is 0. The molecule has 1 heterocycles. The van der Waals surface area contributed by atoms with E-state index < -0.39 is 11.8 Å². The van der Waals surface area contributed by atoms with Gasteiger partial charge in [0.1, 0.15) is 17.3 Å². The molecule has 42 heavy (non-hydrogen) atoms. The lowest BCUT2D eigenvalue weighted by Crippen LogP contribution is -2.13. The van der Waals surface area contributed by atoms with E-state index in [0.717, 1.165) is 11.3 Å². The van der Waals surface area contributed by atoms with Crippen molar-refractivity contribution in [3.05, 3.63) is 108 Å². The summed E-state index contributed by atoms with van der Waals surface area (Å²) in [5.74, 6) is -0.714. The Kier molecular flexibility index (Phi) is 8.01. The van der Waals surface area contributed by atoms with E-state index in [9.17, 15) is 14.0 Å². The molecule has 0 spiro atoms. The van der Waals surface area contributed by atoms with Gasteiger partial charge in [0.15, 0.2) is 0 Å². The van der Waals surface area contributed by atoms with E-state index in [-0.39, 0.29) is 11.8 Å². The molecule has 0 saturated heterocycles. The Morgan fingerprint density at radius 3 is 2.21 bits per heavy atom. The number of carbonyl (C=O) groups excluding carboxylic acids is 2. The zero-order chi connectivity index (χ0) is 29.8. The number of ether oxygens (including phenoxy) is 2. The van der Waals surface area contributed by atoms with Gasteiger partial charge in [0, 0.05) is 38.0 Å². The molecule has 0 radical (unpaired) electrons. The van der Waals surface area contributed by atoms with Crippen LogP contribution in [0.15, 0.2) is 97.1 Å². The molecule has 0 aliphatic heterocycles. The minimum Gasteiger partial charge on any atom is -0.496 e. The predicted molar refractivity (Wildman–Crippen MR) is 161 cm³/mol. The second-order valence-corrected chi connectivity index (χ2v) is 9.69. The molecule has 9 heteroatoms. The molecule has 0 unspecified atom stereocenters. The summed E-state index contributed by atoms with van der Waals surface area (Å²) < 4.78 is 26.7. The molecule has 0 atom stereocenters. The molecule has 5 aromatic rings. The van der Waals surface area contributed by atoms with E-state index in [2.05, 4.69) is 5.32 Å². The highest BCUT2D eigenvalue weighted by Crippen LogP contribution is 2.41. The van der Waals surface area contributed by atoms with Crippen LogP contribution in [-0.2, 0) is 4.79 Å².